The van der Waals surface area contributed by atoms with Crippen LogP contribution in [-0.2, 0) is 20.7 Å². The Morgan fingerprint density at radius 1 is 1.07 bits per heavy atom. The molecule has 0 saturated carbocycles. The molecule has 6 heteroatoms. The molecule has 2 aromatic rings. The van der Waals surface area contributed by atoms with Gasteiger partial charge >= 0.3 is 5.97 Å². The lowest BCUT2D eigenvalue weighted by Crippen LogP contribution is -2.28. The summed E-state index contributed by atoms with van der Waals surface area (Å²) in [4.78, 5) is 38.7. The van der Waals surface area contributed by atoms with Crippen molar-refractivity contribution in [1.29, 1.82) is 0 Å². The van der Waals surface area contributed by atoms with Crippen LogP contribution < -0.4 is 10.2 Å². The molecule has 1 aliphatic heterocycles. The van der Waals surface area contributed by atoms with E-state index in [0.717, 1.165) is 24.9 Å². The first-order valence-electron chi connectivity index (χ1n) is 10.5. The van der Waals surface area contributed by atoms with Crippen LogP contribution in [0.15, 0.2) is 48.5 Å². The number of amides is 2. The first-order chi connectivity index (χ1) is 14.5. The third-order valence-electron chi connectivity index (χ3n) is 5.27. The maximum atomic E-state index is 12.6. The molecule has 0 aliphatic carbocycles. The van der Waals surface area contributed by atoms with Gasteiger partial charge in [-0.3, -0.25) is 9.59 Å². The largest absolute Gasteiger partial charge is 0.462 e. The fourth-order valence-corrected chi connectivity index (χ4v) is 3.37. The summed E-state index contributed by atoms with van der Waals surface area (Å²) in [5.41, 5.74) is 3.06. The predicted octanol–water partition coefficient (Wildman–Crippen LogP) is 4.20. The number of hydrogen-bond acceptors (Lipinski definition) is 4. The van der Waals surface area contributed by atoms with E-state index in [9.17, 15) is 14.4 Å². The highest BCUT2D eigenvalue weighted by atomic mass is 16.5. The lowest BCUT2D eigenvalue weighted by atomic mass is 10.1. The predicted molar refractivity (Wildman–Crippen MR) is 117 cm³/mol. The number of ether oxygens (including phenoxy) is 1. The first kappa shape index (κ1) is 21.6. The summed E-state index contributed by atoms with van der Waals surface area (Å²) in [6, 6.07) is 14.5. The second-order valence-corrected chi connectivity index (χ2v) is 7.48. The number of anilines is 2. The van der Waals surface area contributed by atoms with E-state index in [0.29, 0.717) is 24.4 Å². The molecule has 30 heavy (non-hydrogen) atoms. The molecule has 1 N–H and O–H groups in total. The highest BCUT2D eigenvalue weighted by molar-refractivity contribution is 6.03. The molecule has 0 aromatic heterocycles. The Hall–Kier alpha value is -3.15. The molecular formula is C24H28N2O4. The Bertz CT molecular complexity index is 890. The molecule has 2 amide bonds. The number of carbonyl (C=O) groups is 3. The van der Waals surface area contributed by atoms with E-state index < -0.39 is 5.92 Å². The number of unbranched alkanes of at least 4 members (excludes halogenated alkanes) is 1. The summed E-state index contributed by atoms with van der Waals surface area (Å²) in [6.07, 6.45) is 2.92. The van der Waals surface area contributed by atoms with Gasteiger partial charge in [-0.1, -0.05) is 32.4 Å². The summed E-state index contributed by atoms with van der Waals surface area (Å²) in [5.74, 6) is -1.03. The van der Waals surface area contributed by atoms with E-state index in [1.807, 2.05) is 31.2 Å². The second kappa shape index (κ2) is 10.1. The van der Waals surface area contributed by atoms with E-state index in [2.05, 4.69) is 12.2 Å². The average molecular weight is 408 g/mol. The van der Waals surface area contributed by atoms with Gasteiger partial charge in [0.25, 0.3) is 0 Å². The van der Waals surface area contributed by atoms with Gasteiger partial charge in [-0.25, -0.2) is 4.79 Å². The van der Waals surface area contributed by atoms with E-state index in [1.54, 1.807) is 29.2 Å². The Kier molecular flexibility index (Phi) is 7.22. The van der Waals surface area contributed by atoms with Gasteiger partial charge in [0, 0.05) is 24.3 Å². The molecule has 1 saturated heterocycles. The molecule has 0 spiro atoms. The molecule has 1 unspecified atom stereocenters. The lowest BCUT2D eigenvalue weighted by Gasteiger charge is -2.17. The van der Waals surface area contributed by atoms with Crippen molar-refractivity contribution in [2.45, 2.75) is 39.5 Å². The molecule has 1 fully saturated rings. The third kappa shape index (κ3) is 5.26. The van der Waals surface area contributed by atoms with Gasteiger partial charge in [0.1, 0.15) is 0 Å². The van der Waals surface area contributed by atoms with Crippen LogP contribution in [0, 0.1) is 5.92 Å². The van der Waals surface area contributed by atoms with Crippen molar-refractivity contribution >= 4 is 29.2 Å². The molecule has 0 bridgehead atoms. The zero-order valence-corrected chi connectivity index (χ0v) is 17.5. The van der Waals surface area contributed by atoms with Crippen LogP contribution in [-0.4, -0.2) is 30.9 Å². The van der Waals surface area contributed by atoms with Gasteiger partial charge in [-0.05, 0) is 54.8 Å². The number of nitrogens with zero attached hydrogens (tertiary/aromatic N) is 1. The Labute approximate surface area is 177 Å². The van der Waals surface area contributed by atoms with Crippen LogP contribution in [0.3, 0.4) is 0 Å². The maximum Gasteiger partial charge on any atom is 0.338 e. The first-order valence-corrected chi connectivity index (χ1v) is 10.5. The minimum absolute atomic E-state index is 0.0513. The lowest BCUT2D eigenvalue weighted by molar-refractivity contribution is -0.122. The fraction of sp³-hybridized carbons (Fsp3) is 0.375. The molecule has 1 atom stereocenters. The van der Waals surface area contributed by atoms with Crippen LogP contribution in [0.2, 0.25) is 0 Å². The normalized spacial score (nSPS) is 15.9. The Balaban J connectivity index is 1.56. The van der Waals surface area contributed by atoms with Gasteiger partial charge in [-0.2, -0.15) is 0 Å². The van der Waals surface area contributed by atoms with Gasteiger partial charge in [0.05, 0.1) is 18.1 Å². The van der Waals surface area contributed by atoms with Crippen molar-refractivity contribution in [2.75, 3.05) is 23.4 Å². The molecule has 1 heterocycles. The van der Waals surface area contributed by atoms with Crippen molar-refractivity contribution < 1.29 is 19.1 Å². The standard InChI is InChI=1S/C24H28N2O4/c1-3-5-14-30-24(29)18-8-10-20(11-9-18)25-23(28)19-15-22(27)26(16-19)21-12-6-17(4-2)7-13-21/h6-13,19H,3-5,14-16H2,1-2H3,(H,25,28). The second-order valence-electron chi connectivity index (χ2n) is 7.48. The molecule has 2 aromatic carbocycles. The zero-order chi connectivity index (χ0) is 21.5. The minimum atomic E-state index is -0.415. The van der Waals surface area contributed by atoms with Gasteiger partial charge in [0.2, 0.25) is 11.8 Å². The molecule has 1 aliphatic rings. The van der Waals surface area contributed by atoms with Crippen molar-refractivity contribution in [3.8, 4) is 0 Å². The summed E-state index contributed by atoms with van der Waals surface area (Å²) < 4.78 is 5.18. The highest BCUT2D eigenvalue weighted by Gasteiger charge is 2.35. The fourth-order valence-electron chi connectivity index (χ4n) is 3.37. The van der Waals surface area contributed by atoms with Crippen LogP contribution >= 0.6 is 0 Å². The van der Waals surface area contributed by atoms with Crippen LogP contribution in [0.1, 0.15) is 49.0 Å². The highest BCUT2D eigenvalue weighted by Crippen LogP contribution is 2.26. The average Bonchev–Trinajstić information content (AvgIpc) is 3.16. The molecule has 6 nitrogen and oxygen atoms in total. The quantitative estimate of drug-likeness (QED) is 0.525. The van der Waals surface area contributed by atoms with Crippen LogP contribution in [0.4, 0.5) is 11.4 Å². The van der Waals surface area contributed by atoms with Crippen molar-refractivity contribution in [3.63, 3.8) is 0 Å². The van der Waals surface area contributed by atoms with Gasteiger partial charge in [-0.15, -0.1) is 0 Å². The number of aryl methyl sites for hydroxylation is 1. The van der Waals surface area contributed by atoms with Crippen molar-refractivity contribution in [3.05, 3.63) is 59.7 Å². The van der Waals surface area contributed by atoms with Crippen LogP contribution in [0.5, 0.6) is 0 Å². The summed E-state index contributed by atoms with van der Waals surface area (Å²) in [5, 5.41) is 2.84. The number of hydrogen-bond donors (Lipinski definition) is 1. The van der Waals surface area contributed by atoms with E-state index >= 15 is 0 Å². The molecule has 3 rings (SSSR count). The third-order valence-corrected chi connectivity index (χ3v) is 5.27. The minimum Gasteiger partial charge on any atom is -0.462 e. The number of carbonyl (C=O) groups excluding carboxylic acids is 3. The van der Waals surface area contributed by atoms with Gasteiger partial charge in [0.15, 0.2) is 0 Å². The van der Waals surface area contributed by atoms with E-state index in [1.165, 1.54) is 5.56 Å². The molecule has 0 radical (unpaired) electrons. The number of nitrogens with one attached hydrogen (secondary N) is 1. The summed E-state index contributed by atoms with van der Waals surface area (Å²) >= 11 is 0. The van der Waals surface area contributed by atoms with E-state index in [4.69, 9.17) is 4.74 Å². The molecule has 158 valence electrons. The summed E-state index contributed by atoms with van der Waals surface area (Å²) in [7, 11) is 0. The zero-order valence-electron chi connectivity index (χ0n) is 17.5. The number of rotatable bonds is 8. The van der Waals surface area contributed by atoms with Crippen LogP contribution in [0.25, 0.3) is 0 Å². The van der Waals surface area contributed by atoms with Crippen molar-refractivity contribution in [1.82, 2.24) is 0 Å². The maximum absolute atomic E-state index is 12.6. The molecular weight excluding hydrogens is 380 g/mol. The smallest absolute Gasteiger partial charge is 0.338 e. The number of benzene rings is 2. The topological polar surface area (TPSA) is 75.7 Å². The number of esters is 1. The van der Waals surface area contributed by atoms with E-state index in [-0.39, 0.29) is 24.2 Å². The Morgan fingerprint density at radius 3 is 2.40 bits per heavy atom. The van der Waals surface area contributed by atoms with Crippen molar-refractivity contribution in [2.24, 2.45) is 5.92 Å². The SMILES string of the molecule is CCCCOC(=O)c1ccc(NC(=O)C2CC(=O)N(c3ccc(CC)cc3)C2)cc1. The van der Waals surface area contributed by atoms with Gasteiger partial charge < -0.3 is 15.0 Å². The Morgan fingerprint density at radius 2 is 1.77 bits per heavy atom. The monoisotopic (exact) mass is 408 g/mol. The summed E-state index contributed by atoms with van der Waals surface area (Å²) in [6.45, 7) is 4.88.